The molecular formula is C16H16N4O2. The lowest BCUT2D eigenvalue weighted by molar-refractivity contribution is 0.102. The number of carbonyl (C=O) groups excluding carboxylic acids is 1. The molecule has 0 saturated heterocycles. The van der Waals surface area contributed by atoms with Crippen molar-refractivity contribution in [1.29, 1.82) is 0 Å². The molecule has 1 amide bonds. The lowest BCUT2D eigenvalue weighted by Gasteiger charge is -2.08. The second kappa shape index (κ2) is 5.14. The third-order valence-electron chi connectivity index (χ3n) is 3.53. The summed E-state index contributed by atoms with van der Waals surface area (Å²) in [6.45, 7) is 3.74. The van der Waals surface area contributed by atoms with Gasteiger partial charge in [0, 0.05) is 18.6 Å². The maximum Gasteiger partial charge on any atom is 0.257 e. The molecule has 0 aliphatic carbocycles. The van der Waals surface area contributed by atoms with E-state index in [2.05, 4.69) is 15.4 Å². The van der Waals surface area contributed by atoms with E-state index in [4.69, 9.17) is 0 Å². The zero-order valence-corrected chi connectivity index (χ0v) is 12.6. The number of aromatic nitrogens is 3. The topological polar surface area (TPSA) is 80.0 Å². The van der Waals surface area contributed by atoms with E-state index < -0.39 is 0 Å². The molecule has 0 fully saturated rings. The third-order valence-corrected chi connectivity index (χ3v) is 3.53. The van der Waals surface area contributed by atoms with Gasteiger partial charge in [-0.2, -0.15) is 5.10 Å². The van der Waals surface area contributed by atoms with Crippen LogP contribution in [0.5, 0.6) is 5.75 Å². The van der Waals surface area contributed by atoms with E-state index in [9.17, 15) is 9.90 Å². The zero-order valence-electron chi connectivity index (χ0n) is 12.6. The van der Waals surface area contributed by atoms with Crippen LogP contribution in [0.15, 0.2) is 30.5 Å². The molecule has 0 aliphatic heterocycles. The fraction of sp³-hybridized carbons (Fsp3) is 0.188. The van der Waals surface area contributed by atoms with Gasteiger partial charge >= 0.3 is 0 Å². The Bertz CT molecular complexity index is 883. The van der Waals surface area contributed by atoms with Gasteiger partial charge in [0.2, 0.25) is 0 Å². The number of anilines is 1. The van der Waals surface area contributed by atoms with Crippen LogP contribution in [0.1, 0.15) is 21.6 Å². The van der Waals surface area contributed by atoms with Crippen molar-refractivity contribution in [3.63, 3.8) is 0 Å². The van der Waals surface area contributed by atoms with Crippen LogP contribution in [-0.4, -0.2) is 25.8 Å². The Morgan fingerprint density at radius 3 is 2.77 bits per heavy atom. The van der Waals surface area contributed by atoms with Gasteiger partial charge in [0.1, 0.15) is 5.75 Å². The van der Waals surface area contributed by atoms with Crippen molar-refractivity contribution >= 4 is 22.6 Å². The monoisotopic (exact) mass is 296 g/mol. The van der Waals surface area contributed by atoms with E-state index in [1.807, 2.05) is 27.0 Å². The molecular weight excluding hydrogens is 280 g/mol. The molecule has 2 N–H and O–H groups in total. The molecule has 0 radical (unpaired) electrons. The summed E-state index contributed by atoms with van der Waals surface area (Å²) >= 11 is 0. The summed E-state index contributed by atoms with van der Waals surface area (Å²) in [5, 5.41) is 17.7. The number of aryl methyl sites for hydroxylation is 3. The molecule has 1 aromatic carbocycles. The molecule has 112 valence electrons. The number of nitrogens with zero attached hydrogens (tertiary/aromatic N) is 3. The van der Waals surface area contributed by atoms with Crippen LogP contribution in [0.2, 0.25) is 0 Å². The predicted octanol–water partition coefficient (Wildman–Crippen LogP) is 2.54. The third kappa shape index (κ3) is 2.39. The largest absolute Gasteiger partial charge is 0.506 e. The van der Waals surface area contributed by atoms with Gasteiger partial charge in [-0.25, -0.2) is 4.98 Å². The minimum atomic E-state index is -0.322. The molecule has 22 heavy (non-hydrogen) atoms. The number of nitrogens with one attached hydrogen (secondary N) is 1. The maximum atomic E-state index is 12.3. The molecule has 0 unspecified atom stereocenters. The fourth-order valence-electron chi connectivity index (χ4n) is 2.37. The summed E-state index contributed by atoms with van der Waals surface area (Å²) in [7, 11) is 1.81. The second-order valence-corrected chi connectivity index (χ2v) is 5.28. The van der Waals surface area contributed by atoms with E-state index in [1.165, 1.54) is 6.20 Å². The van der Waals surface area contributed by atoms with E-state index in [0.717, 1.165) is 22.3 Å². The summed E-state index contributed by atoms with van der Waals surface area (Å²) < 4.78 is 1.68. The summed E-state index contributed by atoms with van der Waals surface area (Å²) in [5.74, 6) is -0.281. The number of hydrogen-bond acceptors (Lipinski definition) is 4. The number of rotatable bonds is 2. The quantitative estimate of drug-likeness (QED) is 0.712. The summed E-state index contributed by atoms with van der Waals surface area (Å²) in [5.41, 5.74) is 3.26. The number of phenols is 1. The number of fused-ring (bicyclic) bond motifs is 1. The Labute approximate surface area is 127 Å². The number of aromatic hydroxyl groups is 1. The molecule has 0 spiro atoms. The molecule has 0 aliphatic rings. The van der Waals surface area contributed by atoms with Crippen LogP contribution in [0.4, 0.5) is 5.69 Å². The van der Waals surface area contributed by atoms with Crippen molar-refractivity contribution in [1.82, 2.24) is 14.8 Å². The highest BCUT2D eigenvalue weighted by Crippen LogP contribution is 2.25. The Morgan fingerprint density at radius 1 is 1.27 bits per heavy atom. The molecule has 0 atom stereocenters. The first-order chi connectivity index (χ1) is 10.5. The van der Waals surface area contributed by atoms with Crippen LogP contribution >= 0.6 is 0 Å². The van der Waals surface area contributed by atoms with Crippen molar-refractivity contribution in [2.75, 3.05) is 5.32 Å². The number of phenolic OH excluding ortho intramolecular Hbond substituents is 1. The number of amides is 1. The Morgan fingerprint density at radius 2 is 2.05 bits per heavy atom. The lowest BCUT2D eigenvalue weighted by Crippen LogP contribution is -2.12. The average molecular weight is 296 g/mol. The summed E-state index contributed by atoms with van der Waals surface area (Å²) in [6.07, 6.45) is 1.50. The van der Waals surface area contributed by atoms with Crippen LogP contribution < -0.4 is 5.32 Å². The molecule has 0 bridgehead atoms. The molecule has 6 heteroatoms. The smallest absolute Gasteiger partial charge is 0.257 e. The van der Waals surface area contributed by atoms with Crippen LogP contribution in [-0.2, 0) is 7.05 Å². The first kappa shape index (κ1) is 14.1. The number of pyridine rings is 1. The SMILES string of the molecule is Cc1ccc(NC(=O)c2cnc3c(c2)c(C)nn3C)c(O)c1. The summed E-state index contributed by atoms with van der Waals surface area (Å²) in [6, 6.07) is 6.85. The molecule has 0 saturated carbocycles. The van der Waals surface area contributed by atoms with Gasteiger partial charge < -0.3 is 10.4 Å². The Hall–Kier alpha value is -2.89. The second-order valence-electron chi connectivity index (χ2n) is 5.28. The van der Waals surface area contributed by atoms with Gasteiger partial charge in [-0.1, -0.05) is 6.07 Å². The van der Waals surface area contributed by atoms with Crippen molar-refractivity contribution in [2.45, 2.75) is 13.8 Å². The van der Waals surface area contributed by atoms with Crippen molar-refractivity contribution < 1.29 is 9.90 Å². The summed E-state index contributed by atoms with van der Waals surface area (Å²) in [4.78, 5) is 16.6. The average Bonchev–Trinajstić information content (AvgIpc) is 2.76. The molecule has 3 aromatic rings. The first-order valence-corrected chi connectivity index (χ1v) is 6.86. The highest BCUT2D eigenvalue weighted by atomic mass is 16.3. The van der Waals surface area contributed by atoms with E-state index in [-0.39, 0.29) is 11.7 Å². The van der Waals surface area contributed by atoms with E-state index >= 15 is 0 Å². The van der Waals surface area contributed by atoms with Gasteiger partial charge in [0.05, 0.1) is 16.9 Å². The van der Waals surface area contributed by atoms with Gasteiger partial charge in [-0.15, -0.1) is 0 Å². The minimum absolute atomic E-state index is 0.0416. The zero-order chi connectivity index (χ0) is 15.9. The highest BCUT2D eigenvalue weighted by molar-refractivity contribution is 6.06. The molecule has 6 nitrogen and oxygen atoms in total. The molecule has 3 rings (SSSR count). The van der Waals surface area contributed by atoms with Gasteiger partial charge in [0.15, 0.2) is 5.65 Å². The number of carbonyl (C=O) groups is 1. The lowest BCUT2D eigenvalue weighted by atomic mass is 10.1. The predicted molar refractivity (Wildman–Crippen MR) is 84.0 cm³/mol. The minimum Gasteiger partial charge on any atom is -0.506 e. The van der Waals surface area contributed by atoms with Crippen LogP contribution in [0.25, 0.3) is 11.0 Å². The van der Waals surface area contributed by atoms with Crippen LogP contribution in [0, 0.1) is 13.8 Å². The van der Waals surface area contributed by atoms with Gasteiger partial charge in [0.25, 0.3) is 5.91 Å². The van der Waals surface area contributed by atoms with E-state index in [1.54, 1.807) is 22.9 Å². The fourth-order valence-corrected chi connectivity index (χ4v) is 2.37. The van der Waals surface area contributed by atoms with Crippen LogP contribution in [0.3, 0.4) is 0 Å². The molecule has 2 aromatic heterocycles. The van der Waals surface area contributed by atoms with Crippen molar-refractivity contribution in [3.8, 4) is 5.75 Å². The molecule has 2 heterocycles. The Kier molecular flexibility index (Phi) is 3.29. The Balaban J connectivity index is 1.93. The highest BCUT2D eigenvalue weighted by Gasteiger charge is 2.13. The van der Waals surface area contributed by atoms with Crippen molar-refractivity contribution in [2.24, 2.45) is 7.05 Å². The van der Waals surface area contributed by atoms with Gasteiger partial charge in [-0.3, -0.25) is 9.48 Å². The standard InChI is InChI=1S/C16H16N4O2/c1-9-4-5-13(14(21)6-9)18-16(22)11-7-12-10(2)19-20(3)15(12)17-8-11/h4-8,21H,1-3H3,(H,18,22). The number of hydrogen-bond donors (Lipinski definition) is 2. The first-order valence-electron chi connectivity index (χ1n) is 6.86. The normalized spacial score (nSPS) is 10.9. The van der Waals surface area contributed by atoms with E-state index in [0.29, 0.717) is 11.3 Å². The van der Waals surface area contributed by atoms with Gasteiger partial charge in [-0.05, 0) is 37.6 Å². The maximum absolute atomic E-state index is 12.3. The number of benzene rings is 1. The van der Waals surface area contributed by atoms with Crippen molar-refractivity contribution in [3.05, 3.63) is 47.3 Å².